The van der Waals surface area contributed by atoms with Gasteiger partial charge in [-0.2, -0.15) is 0 Å². The third-order valence-corrected chi connectivity index (χ3v) is 6.85. The van der Waals surface area contributed by atoms with Crippen LogP contribution in [0.4, 0.5) is 5.13 Å². The molecule has 0 atom stereocenters. The maximum atomic E-state index is 12.9. The number of aromatic nitrogens is 2. The minimum absolute atomic E-state index is 0.0933. The van der Waals surface area contributed by atoms with Gasteiger partial charge in [0, 0.05) is 6.42 Å². The molecule has 5 rings (SSSR count). The van der Waals surface area contributed by atoms with Crippen molar-refractivity contribution in [2.45, 2.75) is 64.7 Å². The van der Waals surface area contributed by atoms with Gasteiger partial charge in [-0.3, -0.25) is 4.79 Å². The molecule has 4 bridgehead atoms. The second-order valence-corrected chi connectivity index (χ2v) is 8.82. The van der Waals surface area contributed by atoms with E-state index in [1.807, 2.05) is 0 Å². The van der Waals surface area contributed by atoms with Crippen molar-refractivity contribution in [2.24, 2.45) is 23.2 Å². The Hall–Kier alpha value is -0.970. The average molecular weight is 319 g/mol. The van der Waals surface area contributed by atoms with Gasteiger partial charge in [-0.15, -0.1) is 10.2 Å². The molecule has 5 heteroatoms. The highest BCUT2D eigenvalue weighted by atomic mass is 32.1. The van der Waals surface area contributed by atoms with E-state index in [0.29, 0.717) is 5.13 Å². The quantitative estimate of drug-likeness (QED) is 0.891. The molecule has 1 heterocycles. The molecule has 0 radical (unpaired) electrons. The van der Waals surface area contributed by atoms with Crippen LogP contribution in [0.2, 0.25) is 0 Å². The van der Waals surface area contributed by atoms with Crippen molar-refractivity contribution in [2.75, 3.05) is 5.32 Å². The highest BCUT2D eigenvalue weighted by Gasteiger charge is 2.54. The summed E-state index contributed by atoms with van der Waals surface area (Å²) in [7, 11) is 0. The Morgan fingerprint density at radius 1 is 1.18 bits per heavy atom. The highest BCUT2D eigenvalue weighted by Crippen LogP contribution is 2.60. The Morgan fingerprint density at radius 2 is 1.82 bits per heavy atom. The zero-order chi connectivity index (χ0) is 15.2. The molecule has 0 spiro atoms. The molecular weight excluding hydrogens is 294 g/mol. The van der Waals surface area contributed by atoms with Crippen LogP contribution in [-0.2, 0) is 11.2 Å². The van der Waals surface area contributed by atoms with Crippen molar-refractivity contribution < 1.29 is 4.79 Å². The summed E-state index contributed by atoms with van der Waals surface area (Å²) >= 11 is 1.55. The Balaban J connectivity index is 1.45. The van der Waals surface area contributed by atoms with Crippen LogP contribution in [0.3, 0.4) is 0 Å². The van der Waals surface area contributed by atoms with E-state index in [1.54, 1.807) is 11.3 Å². The number of amides is 1. The van der Waals surface area contributed by atoms with E-state index in [4.69, 9.17) is 0 Å². The molecule has 4 aliphatic carbocycles. The maximum Gasteiger partial charge on any atom is 0.232 e. The SMILES string of the molecule is CCCCc1nnc(NC(=O)C23CC4CC(CC(C4)C2)C3)s1. The molecule has 4 fully saturated rings. The summed E-state index contributed by atoms with van der Waals surface area (Å²) in [6.07, 6.45) is 10.7. The second-order valence-electron chi connectivity index (χ2n) is 7.76. The summed E-state index contributed by atoms with van der Waals surface area (Å²) in [4.78, 5) is 12.9. The summed E-state index contributed by atoms with van der Waals surface area (Å²) in [5, 5.41) is 13.2. The molecule has 0 saturated heterocycles. The number of carbonyl (C=O) groups is 1. The van der Waals surface area contributed by atoms with Gasteiger partial charge in [-0.1, -0.05) is 24.7 Å². The fraction of sp³-hybridized carbons (Fsp3) is 0.824. The number of anilines is 1. The number of nitrogens with zero attached hydrogens (tertiary/aromatic N) is 2. The van der Waals surface area contributed by atoms with Gasteiger partial charge in [-0.05, 0) is 62.7 Å². The highest BCUT2D eigenvalue weighted by molar-refractivity contribution is 7.15. The van der Waals surface area contributed by atoms with E-state index in [2.05, 4.69) is 22.4 Å². The molecule has 0 unspecified atom stereocenters. The smallest absolute Gasteiger partial charge is 0.232 e. The molecule has 1 amide bonds. The lowest BCUT2D eigenvalue weighted by atomic mass is 9.49. The van der Waals surface area contributed by atoms with Crippen LogP contribution in [-0.4, -0.2) is 16.1 Å². The molecular formula is C17H25N3OS. The van der Waals surface area contributed by atoms with Gasteiger partial charge in [0.05, 0.1) is 5.41 Å². The van der Waals surface area contributed by atoms with Gasteiger partial charge in [0.25, 0.3) is 0 Å². The zero-order valence-corrected chi connectivity index (χ0v) is 14.1. The number of unbranched alkanes of at least 4 members (excludes halogenated alkanes) is 1. The lowest BCUT2D eigenvalue weighted by Gasteiger charge is -2.55. The lowest BCUT2D eigenvalue weighted by molar-refractivity contribution is -0.140. The first-order valence-electron chi connectivity index (χ1n) is 8.81. The van der Waals surface area contributed by atoms with Gasteiger partial charge in [0.1, 0.15) is 5.01 Å². The monoisotopic (exact) mass is 319 g/mol. The van der Waals surface area contributed by atoms with Crippen LogP contribution >= 0.6 is 11.3 Å². The molecule has 120 valence electrons. The molecule has 0 aromatic carbocycles. The number of carbonyl (C=O) groups excluding carboxylic acids is 1. The minimum Gasteiger partial charge on any atom is -0.300 e. The van der Waals surface area contributed by atoms with Crippen LogP contribution < -0.4 is 5.32 Å². The summed E-state index contributed by atoms with van der Waals surface area (Å²) in [6.45, 7) is 2.18. The van der Waals surface area contributed by atoms with E-state index < -0.39 is 0 Å². The first-order valence-corrected chi connectivity index (χ1v) is 9.62. The number of rotatable bonds is 5. The molecule has 4 nitrogen and oxygen atoms in total. The molecule has 4 aliphatic rings. The predicted octanol–water partition coefficient (Wildman–Crippen LogP) is 4.04. The number of hydrogen-bond donors (Lipinski definition) is 1. The fourth-order valence-electron chi connectivity index (χ4n) is 5.35. The van der Waals surface area contributed by atoms with Crippen LogP contribution in [0, 0.1) is 23.2 Å². The molecule has 22 heavy (non-hydrogen) atoms. The predicted molar refractivity (Wildman–Crippen MR) is 87.8 cm³/mol. The molecule has 0 aliphatic heterocycles. The van der Waals surface area contributed by atoms with Crippen molar-refractivity contribution >= 4 is 22.4 Å². The van der Waals surface area contributed by atoms with Crippen LogP contribution in [0.1, 0.15) is 63.3 Å². The van der Waals surface area contributed by atoms with Gasteiger partial charge in [0.2, 0.25) is 11.0 Å². The number of aryl methyl sites for hydroxylation is 1. The third-order valence-electron chi connectivity index (χ3n) is 5.95. The molecule has 1 aromatic rings. The van der Waals surface area contributed by atoms with Gasteiger partial charge in [-0.25, -0.2) is 0 Å². The first kappa shape index (κ1) is 14.6. The summed E-state index contributed by atoms with van der Waals surface area (Å²) in [5.41, 5.74) is -0.0933. The number of nitrogens with one attached hydrogen (secondary N) is 1. The van der Waals surface area contributed by atoms with E-state index in [1.165, 1.54) is 19.3 Å². The summed E-state index contributed by atoms with van der Waals surface area (Å²) in [6, 6.07) is 0. The van der Waals surface area contributed by atoms with Crippen molar-refractivity contribution in [1.82, 2.24) is 10.2 Å². The fourth-order valence-corrected chi connectivity index (χ4v) is 6.13. The van der Waals surface area contributed by atoms with E-state index >= 15 is 0 Å². The Labute approximate surface area is 136 Å². The average Bonchev–Trinajstić information content (AvgIpc) is 2.91. The zero-order valence-electron chi connectivity index (χ0n) is 13.3. The standard InChI is InChI=1S/C17H25N3OS/c1-2-3-4-14-19-20-16(22-14)18-15(21)17-8-11-5-12(9-17)7-13(6-11)10-17/h11-13H,2-10H2,1H3,(H,18,20,21). The number of hydrogen-bond acceptors (Lipinski definition) is 4. The largest absolute Gasteiger partial charge is 0.300 e. The maximum absolute atomic E-state index is 12.9. The van der Waals surface area contributed by atoms with Crippen molar-refractivity contribution in [3.05, 3.63) is 5.01 Å². The van der Waals surface area contributed by atoms with Gasteiger partial charge < -0.3 is 5.32 Å². The summed E-state index contributed by atoms with van der Waals surface area (Å²) < 4.78 is 0. The van der Waals surface area contributed by atoms with Crippen molar-refractivity contribution in [3.63, 3.8) is 0 Å². The summed E-state index contributed by atoms with van der Waals surface area (Å²) in [5.74, 6) is 2.62. The first-order chi connectivity index (χ1) is 10.7. The molecule has 1 N–H and O–H groups in total. The Bertz CT molecular complexity index is 533. The van der Waals surface area contributed by atoms with Gasteiger partial charge in [0.15, 0.2) is 0 Å². The second kappa shape index (κ2) is 5.59. The van der Waals surface area contributed by atoms with Crippen molar-refractivity contribution in [1.29, 1.82) is 0 Å². The Kier molecular flexibility index (Phi) is 3.71. The van der Waals surface area contributed by atoms with Gasteiger partial charge >= 0.3 is 0 Å². The van der Waals surface area contributed by atoms with Crippen LogP contribution in [0.5, 0.6) is 0 Å². The van der Waals surface area contributed by atoms with E-state index in [9.17, 15) is 4.79 Å². The molecule has 1 aromatic heterocycles. The molecule has 4 saturated carbocycles. The van der Waals surface area contributed by atoms with E-state index in [-0.39, 0.29) is 11.3 Å². The normalized spacial score (nSPS) is 35.8. The van der Waals surface area contributed by atoms with Crippen LogP contribution in [0.25, 0.3) is 0 Å². The van der Waals surface area contributed by atoms with Crippen LogP contribution in [0.15, 0.2) is 0 Å². The third kappa shape index (κ3) is 2.57. The van der Waals surface area contributed by atoms with E-state index in [0.717, 1.165) is 61.3 Å². The Morgan fingerprint density at radius 3 is 2.41 bits per heavy atom. The topological polar surface area (TPSA) is 54.9 Å². The lowest BCUT2D eigenvalue weighted by Crippen LogP contribution is -2.51. The minimum atomic E-state index is -0.0933. The van der Waals surface area contributed by atoms with Crippen molar-refractivity contribution in [3.8, 4) is 0 Å².